The molecule has 0 radical (unpaired) electrons. The minimum atomic E-state index is -0.519. The third kappa shape index (κ3) is 4.67. The Balaban J connectivity index is 1.75. The lowest BCUT2D eigenvalue weighted by molar-refractivity contribution is -0.134. The topological polar surface area (TPSA) is 75.7 Å². The van der Waals surface area contributed by atoms with Crippen LogP contribution in [0.15, 0.2) is 24.3 Å². The summed E-state index contributed by atoms with van der Waals surface area (Å²) in [6.45, 7) is 6.31. The summed E-state index contributed by atoms with van der Waals surface area (Å²) in [4.78, 5) is 37.8. The Morgan fingerprint density at radius 1 is 1.07 bits per heavy atom. The van der Waals surface area contributed by atoms with Gasteiger partial charge in [0.1, 0.15) is 5.60 Å². The van der Waals surface area contributed by atoms with Gasteiger partial charge in [-0.25, -0.2) is 4.79 Å². The van der Waals surface area contributed by atoms with E-state index < -0.39 is 5.60 Å². The molecule has 6 heteroatoms. The maximum atomic E-state index is 12.6. The van der Waals surface area contributed by atoms with Gasteiger partial charge in [0.2, 0.25) is 11.8 Å². The summed E-state index contributed by atoms with van der Waals surface area (Å²) >= 11 is 0. The molecule has 2 heterocycles. The first-order valence-corrected chi connectivity index (χ1v) is 9.68. The van der Waals surface area contributed by atoms with Crippen LogP contribution in [0.4, 0.5) is 4.79 Å². The number of amides is 3. The number of hydrogen-bond donors (Lipinski definition) is 1. The number of carbonyl (C=O) groups is 3. The molecule has 2 fully saturated rings. The van der Waals surface area contributed by atoms with Crippen molar-refractivity contribution in [3.63, 3.8) is 0 Å². The van der Waals surface area contributed by atoms with E-state index in [1.165, 1.54) is 0 Å². The molecule has 0 aromatic heterocycles. The van der Waals surface area contributed by atoms with E-state index in [0.717, 1.165) is 30.4 Å². The van der Waals surface area contributed by atoms with Gasteiger partial charge in [-0.3, -0.25) is 14.9 Å². The lowest BCUT2D eigenvalue weighted by atomic mass is 9.88. The van der Waals surface area contributed by atoms with Crippen molar-refractivity contribution in [2.75, 3.05) is 6.54 Å². The fraction of sp³-hybridized carbons (Fsp3) is 0.571. The van der Waals surface area contributed by atoms with Crippen LogP contribution in [0.25, 0.3) is 0 Å². The summed E-state index contributed by atoms with van der Waals surface area (Å²) in [7, 11) is 0. The van der Waals surface area contributed by atoms with Crippen molar-refractivity contribution < 1.29 is 19.1 Å². The highest BCUT2D eigenvalue weighted by Gasteiger charge is 2.32. The monoisotopic (exact) mass is 372 g/mol. The first-order chi connectivity index (χ1) is 12.7. The third-order valence-corrected chi connectivity index (χ3v) is 5.09. The molecule has 6 nitrogen and oxygen atoms in total. The number of carbonyl (C=O) groups excluding carboxylic acids is 3. The lowest BCUT2D eigenvalue weighted by Gasteiger charge is -2.37. The van der Waals surface area contributed by atoms with E-state index in [2.05, 4.69) is 5.32 Å². The van der Waals surface area contributed by atoms with Crippen molar-refractivity contribution in [1.82, 2.24) is 10.2 Å². The number of benzene rings is 1. The largest absolute Gasteiger partial charge is 0.444 e. The van der Waals surface area contributed by atoms with E-state index in [1.54, 1.807) is 0 Å². The maximum absolute atomic E-state index is 12.6. The van der Waals surface area contributed by atoms with Crippen LogP contribution in [0.3, 0.4) is 0 Å². The smallest absolute Gasteiger partial charge is 0.410 e. The summed E-state index contributed by atoms with van der Waals surface area (Å²) in [5.74, 6) is -0.722. The second-order valence-electron chi connectivity index (χ2n) is 8.36. The SMILES string of the molecule is CC(C)(C)OC(=O)N1CCCCC1c1ccc(C2CCC(=O)NC2=O)cc1. The molecule has 2 saturated heterocycles. The average molecular weight is 372 g/mol. The molecular formula is C21H28N2O4. The number of ether oxygens (including phenoxy) is 1. The maximum Gasteiger partial charge on any atom is 0.410 e. The van der Waals surface area contributed by atoms with Crippen molar-refractivity contribution >= 4 is 17.9 Å². The number of piperidine rings is 2. The van der Waals surface area contributed by atoms with Crippen molar-refractivity contribution in [2.45, 2.75) is 70.4 Å². The Kier molecular flexibility index (Phi) is 5.53. The fourth-order valence-electron chi connectivity index (χ4n) is 3.78. The molecule has 0 aliphatic carbocycles. The quantitative estimate of drug-likeness (QED) is 0.804. The summed E-state index contributed by atoms with van der Waals surface area (Å²) in [5, 5.41) is 2.40. The molecule has 2 unspecified atom stereocenters. The van der Waals surface area contributed by atoms with Crippen molar-refractivity contribution in [3.8, 4) is 0 Å². The molecule has 146 valence electrons. The van der Waals surface area contributed by atoms with Gasteiger partial charge in [-0.2, -0.15) is 0 Å². The Morgan fingerprint density at radius 3 is 2.37 bits per heavy atom. The average Bonchev–Trinajstić information content (AvgIpc) is 2.60. The van der Waals surface area contributed by atoms with E-state index in [-0.39, 0.29) is 29.9 Å². The van der Waals surface area contributed by atoms with Crippen LogP contribution in [0, 0.1) is 0 Å². The summed E-state index contributed by atoms with van der Waals surface area (Å²) < 4.78 is 5.57. The third-order valence-electron chi connectivity index (χ3n) is 5.09. The summed E-state index contributed by atoms with van der Waals surface area (Å²) in [6.07, 6.45) is 3.58. The molecule has 3 amide bonds. The Bertz CT molecular complexity index is 721. The number of rotatable bonds is 2. The van der Waals surface area contributed by atoms with Crippen LogP contribution in [-0.4, -0.2) is 35.0 Å². The summed E-state index contributed by atoms with van der Waals surface area (Å²) in [5.41, 5.74) is 1.44. The van der Waals surface area contributed by atoms with Gasteiger partial charge in [0.15, 0.2) is 0 Å². The second-order valence-corrected chi connectivity index (χ2v) is 8.36. The number of nitrogens with one attached hydrogen (secondary N) is 1. The Labute approximate surface area is 160 Å². The molecule has 0 bridgehead atoms. The van der Waals surface area contributed by atoms with E-state index in [4.69, 9.17) is 4.74 Å². The number of nitrogens with zero attached hydrogens (tertiary/aromatic N) is 1. The minimum absolute atomic E-state index is 0.00981. The zero-order valence-corrected chi connectivity index (χ0v) is 16.3. The zero-order valence-electron chi connectivity index (χ0n) is 16.3. The lowest BCUT2D eigenvalue weighted by Crippen LogP contribution is -2.42. The molecule has 0 saturated carbocycles. The van der Waals surface area contributed by atoms with E-state index in [1.807, 2.05) is 49.9 Å². The van der Waals surface area contributed by atoms with Crippen molar-refractivity contribution in [2.24, 2.45) is 0 Å². The van der Waals surface area contributed by atoms with Crippen LogP contribution in [0.1, 0.15) is 76.0 Å². The highest BCUT2D eigenvalue weighted by Crippen LogP contribution is 2.33. The highest BCUT2D eigenvalue weighted by atomic mass is 16.6. The molecule has 0 spiro atoms. The fourth-order valence-corrected chi connectivity index (χ4v) is 3.78. The Morgan fingerprint density at radius 2 is 1.74 bits per heavy atom. The highest BCUT2D eigenvalue weighted by molar-refractivity contribution is 6.00. The Hall–Kier alpha value is -2.37. The van der Waals surface area contributed by atoms with Gasteiger partial charge in [0.25, 0.3) is 0 Å². The number of imide groups is 1. The van der Waals surface area contributed by atoms with E-state index >= 15 is 0 Å². The molecule has 2 aliphatic rings. The molecule has 2 atom stereocenters. The molecule has 1 aromatic carbocycles. The first-order valence-electron chi connectivity index (χ1n) is 9.68. The van der Waals surface area contributed by atoms with Gasteiger partial charge in [0.05, 0.1) is 12.0 Å². The van der Waals surface area contributed by atoms with Crippen LogP contribution in [0.2, 0.25) is 0 Å². The minimum Gasteiger partial charge on any atom is -0.444 e. The van der Waals surface area contributed by atoms with Gasteiger partial charge in [-0.1, -0.05) is 24.3 Å². The van der Waals surface area contributed by atoms with Crippen LogP contribution in [0.5, 0.6) is 0 Å². The number of likely N-dealkylation sites (tertiary alicyclic amines) is 1. The van der Waals surface area contributed by atoms with Gasteiger partial charge in [-0.05, 0) is 57.6 Å². The molecular weight excluding hydrogens is 344 g/mol. The summed E-state index contributed by atoms with van der Waals surface area (Å²) in [6, 6.07) is 7.86. The first kappa shape index (κ1) is 19.4. The molecule has 1 aromatic rings. The van der Waals surface area contributed by atoms with Gasteiger partial charge < -0.3 is 9.64 Å². The standard InChI is InChI=1S/C21H28N2O4/c1-21(2,3)27-20(26)23-13-5-4-6-17(23)15-9-7-14(8-10-15)16-11-12-18(24)22-19(16)25/h7-10,16-17H,4-6,11-13H2,1-3H3,(H,22,24,25). The van der Waals surface area contributed by atoms with Gasteiger partial charge in [0, 0.05) is 13.0 Å². The van der Waals surface area contributed by atoms with E-state index in [9.17, 15) is 14.4 Å². The predicted octanol–water partition coefficient (Wildman–Crippen LogP) is 3.67. The zero-order chi connectivity index (χ0) is 19.6. The molecule has 27 heavy (non-hydrogen) atoms. The normalized spacial score (nSPS) is 23.7. The van der Waals surface area contributed by atoms with Crippen molar-refractivity contribution in [3.05, 3.63) is 35.4 Å². The van der Waals surface area contributed by atoms with Crippen LogP contribution >= 0.6 is 0 Å². The molecule has 2 aliphatic heterocycles. The molecule has 1 N–H and O–H groups in total. The van der Waals surface area contributed by atoms with Crippen LogP contribution in [-0.2, 0) is 14.3 Å². The predicted molar refractivity (Wildman–Crippen MR) is 101 cm³/mol. The second kappa shape index (κ2) is 7.71. The van der Waals surface area contributed by atoms with Gasteiger partial charge >= 0.3 is 6.09 Å². The van der Waals surface area contributed by atoms with E-state index in [0.29, 0.717) is 19.4 Å². The van der Waals surface area contributed by atoms with Crippen LogP contribution < -0.4 is 5.32 Å². The molecule has 3 rings (SSSR count). The van der Waals surface area contributed by atoms with Gasteiger partial charge in [-0.15, -0.1) is 0 Å². The van der Waals surface area contributed by atoms with Crippen molar-refractivity contribution in [1.29, 1.82) is 0 Å². The number of hydrogen-bond acceptors (Lipinski definition) is 4.